The molecule has 0 saturated carbocycles. The van der Waals surface area contributed by atoms with Crippen LogP contribution in [0.5, 0.6) is 6.01 Å². The topological polar surface area (TPSA) is 93.8 Å². The van der Waals surface area contributed by atoms with Gasteiger partial charge in [-0.05, 0) is 44.0 Å². The third-order valence-corrected chi connectivity index (χ3v) is 5.72. The van der Waals surface area contributed by atoms with Gasteiger partial charge < -0.3 is 20.1 Å². The Bertz CT molecular complexity index is 940. The number of hydrogen-bond donors (Lipinski definition) is 1. The number of nitrogens with zero attached hydrogens (tertiary/aromatic N) is 4. The van der Waals surface area contributed by atoms with Crippen LogP contribution in [-0.2, 0) is 29.0 Å². The fourth-order valence-electron chi connectivity index (χ4n) is 4.32. The maximum Gasteiger partial charge on any atom is 0.320 e. The highest BCUT2D eigenvalue weighted by Crippen LogP contribution is 2.31. The van der Waals surface area contributed by atoms with E-state index in [0.717, 1.165) is 12.1 Å². The highest BCUT2D eigenvalue weighted by molar-refractivity contribution is 5.91. The van der Waals surface area contributed by atoms with Gasteiger partial charge in [0.2, 0.25) is 0 Å². The third kappa shape index (κ3) is 6.93. The number of carbonyl (C=O) groups is 1. The van der Waals surface area contributed by atoms with Crippen LogP contribution in [0.25, 0.3) is 0 Å². The Kier molecular flexibility index (Phi) is 10.2. The molecular formula is C23H33Cl2N5O3. The summed E-state index contributed by atoms with van der Waals surface area (Å²) in [6, 6.07) is 8.78. The molecule has 4 rings (SSSR count). The number of benzene rings is 1. The first-order valence-corrected chi connectivity index (χ1v) is 10.9. The van der Waals surface area contributed by atoms with Gasteiger partial charge in [0.05, 0.1) is 13.2 Å². The Morgan fingerprint density at radius 2 is 1.82 bits per heavy atom. The number of anilines is 2. The molecule has 33 heavy (non-hydrogen) atoms. The number of fused-ring (bicyclic) bond motifs is 1. The van der Waals surface area contributed by atoms with Crippen molar-refractivity contribution < 1.29 is 14.3 Å². The van der Waals surface area contributed by atoms with E-state index in [-0.39, 0.29) is 49.1 Å². The average molecular weight is 498 g/mol. The zero-order valence-electron chi connectivity index (χ0n) is 19.2. The van der Waals surface area contributed by atoms with Gasteiger partial charge in [-0.25, -0.2) is 0 Å². The van der Waals surface area contributed by atoms with E-state index in [4.69, 9.17) is 15.2 Å². The van der Waals surface area contributed by atoms with Gasteiger partial charge in [0.15, 0.2) is 5.78 Å². The minimum absolute atomic E-state index is 0. The van der Waals surface area contributed by atoms with E-state index < -0.39 is 0 Å². The van der Waals surface area contributed by atoms with E-state index in [1.54, 1.807) is 7.11 Å². The number of aromatic nitrogens is 2. The number of ether oxygens (including phenoxy) is 2. The molecule has 0 unspecified atom stereocenters. The number of carbonyl (C=O) groups excluding carboxylic acids is 1. The van der Waals surface area contributed by atoms with Crippen LogP contribution in [0.2, 0.25) is 0 Å². The molecule has 1 atom stereocenters. The minimum Gasteiger partial charge on any atom is -0.458 e. The normalized spacial score (nSPS) is 16.5. The van der Waals surface area contributed by atoms with Crippen LogP contribution in [0.4, 0.5) is 11.6 Å². The standard InChI is InChI=1S/C23H31N5O3.2ClH/c1-16(15-30-2)31-23-25-21(24)20-11-19(29)14-28(22(20)26-23)13-18-7-5-6-17(10-18)12-27-8-3-4-9-27;;/h5-7,10,16H,3-4,8-9,11-15H2,1-2H3,(H2,24,25,26);2*1H/t16-;;/m0../s1. The Morgan fingerprint density at radius 3 is 2.52 bits per heavy atom. The number of halogens is 2. The number of likely N-dealkylation sites (tertiary alicyclic amines) is 1. The number of methoxy groups -OCH3 is 1. The maximum atomic E-state index is 12.4. The van der Waals surface area contributed by atoms with Gasteiger partial charge in [0.1, 0.15) is 17.7 Å². The van der Waals surface area contributed by atoms with Crippen molar-refractivity contribution in [3.05, 3.63) is 41.0 Å². The van der Waals surface area contributed by atoms with Gasteiger partial charge in [-0.1, -0.05) is 24.3 Å². The van der Waals surface area contributed by atoms with Crippen molar-refractivity contribution in [3.8, 4) is 6.01 Å². The van der Waals surface area contributed by atoms with E-state index in [9.17, 15) is 4.79 Å². The summed E-state index contributed by atoms with van der Waals surface area (Å²) in [6.45, 7) is 6.48. The van der Waals surface area contributed by atoms with E-state index in [1.807, 2.05) is 11.8 Å². The van der Waals surface area contributed by atoms with Crippen molar-refractivity contribution in [2.75, 3.05) is 44.0 Å². The van der Waals surface area contributed by atoms with Crippen LogP contribution in [-0.4, -0.2) is 60.1 Å². The summed E-state index contributed by atoms with van der Waals surface area (Å²) < 4.78 is 10.9. The van der Waals surface area contributed by atoms with Gasteiger partial charge in [-0.15, -0.1) is 24.8 Å². The molecular weight excluding hydrogens is 465 g/mol. The summed E-state index contributed by atoms with van der Waals surface area (Å²) >= 11 is 0. The predicted octanol–water partition coefficient (Wildman–Crippen LogP) is 3.04. The number of rotatable bonds is 8. The second-order valence-corrected chi connectivity index (χ2v) is 8.45. The number of nitrogens with two attached hydrogens (primary N) is 1. The molecule has 1 fully saturated rings. The molecule has 182 valence electrons. The van der Waals surface area contributed by atoms with Gasteiger partial charge in [0.25, 0.3) is 0 Å². The van der Waals surface area contributed by atoms with Crippen LogP contribution in [0.15, 0.2) is 24.3 Å². The molecule has 1 aromatic carbocycles. The zero-order chi connectivity index (χ0) is 21.8. The average Bonchev–Trinajstić information content (AvgIpc) is 3.22. The van der Waals surface area contributed by atoms with E-state index in [1.165, 1.54) is 31.5 Å². The fourth-order valence-corrected chi connectivity index (χ4v) is 4.32. The Hall–Kier alpha value is -2.13. The largest absolute Gasteiger partial charge is 0.458 e. The molecule has 2 aromatic rings. The number of ketones is 1. The SMILES string of the molecule is COC[C@H](C)Oc1nc(N)c2c(n1)N(Cc1cccc(CN3CCCC3)c1)CC(=O)C2.Cl.Cl. The van der Waals surface area contributed by atoms with Gasteiger partial charge in [-0.2, -0.15) is 9.97 Å². The molecule has 0 amide bonds. The molecule has 10 heteroatoms. The molecule has 0 bridgehead atoms. The highest BCUT2D eigenvalue weighted by Gasteiger charge is 2.28. The summed E-state index contributed by atoms with van der Waals surface area (Å²) in [5.74, 6) is 1.08. The fraction of sp³-hybridized carbons (Fsp3) is 0.522. The molecule has 1 aromatic heterocycles. The lowest BCUT2D eigenvalue weighted by Gasteiger charge is -2.30. The van der Waals surface area contributed by atoms with Crippen molar-refractivity contribution in [2.24, 2.45) is 0 Å². The second kappa shape index (κ2) is 12.4. The Balaban J connectivity index is 0.00000193. The van der Waals surface area contributed by atoms with Crippen molar-refractivity contribution in [1.29, 1.82) is 0 Å². The minimum atomic E-state index is -0.205. The summed E-state index contributed by atoms with van der Waals surface area (Å²) in [6.07, 6.45) is 2.60. The number of hydrogen-bond acceptors (Lipinski definition) is 8. The number of Topliss-reactive ketones (excluding diaryl/α,β-unsaturated/α-hetero) is 1. The van der Waals surface area contributed by atoms with Crippen molar-refractivity contribution in [2.45, 2.75) is 45.4 Å². The van der Waals surface area contributed by atoms with Gasteiger partial charge >= 0.3 is 6.01 Å². The molecule has 8 nitrogen and oxygen atoms in total. The Labute approximate surface area is 207 Å². The van der Waals surface area contributed by atoms with Crippen LogP contribution in [0, 0.1) is 0 Å². The van der Waals surface area contributed by atoms with Crippen LogP contribution >= 0.6 is 24.8 Å². The maximum absolute atomic E-state index is 12.4. The molecule has 0 radical (unpaired) electrons. The first-order valence-electron chi connectivity index (χ1n) is 10.9. The van der Waals surface area contributed by atoms with Crippen molar-refractivity contribution in [1.82, 2.24) is 14.9 Å². The molecule has 2 N–H and O–H groups in total. The molecule has 2 aliphatic heterocycles. The van der Waals surface area contributed by atoms with Gasteiger partial charge in [-0.3, -0.25) is 9.69 Å². The van der Waals surface area contributed by atoms with Gasteiger partial charge in [0, 0.05) is 32.2 Å². The number of nitrogen functional groups attached to an aromatic ring is 1. The van der Waals surface area contributed by atoms with Crippen molar-refractivity contribution >= 4 is 42.2 Å². The monoisotopic (exact) mass is 497 g/mol. The zero-order valence-corrected chi connectivity index (χ0v) is 20.8. The predicted molar refractivity (Wildman–Crippen MR) is 134 cm³/mol. The smallest absolute Gasteiger partial charge is 0.320 e. The van der Waals surface area contributed by atoms with Crippen molar-refractivity contribution in [3.63, 3.8) is 0 Å². The quantitative estimate of drug-likeness (QED) is 0.594. The van der Waals surface area contributed by atoms with E-state index >= 15 is 0 Å². The van der Waals surface area contributed by atoms with E-state index in [2.05, 4.69) is 39.1 Å². The first-order chi connectivity index (χ1) is 15.0. The summed E-state index contributed by atoms with van der Waals surface area (Å²) in [7, 11) is 1.62. The Morgan fingerprint density at radius 1 is 1.12 bits per heavy atom. The summed E-state index contributed by atoms with van der Waals surface area (Å²) in [5.41, 5.74) is 9.29. The first kappa shape index (κ1) is 27.1. The molecule has 0 spiro atoms. The lowest BCUT2D eigenvalue weighted by molar-refractivity contribution is -0.117. The molecule has 2 aliphatic rings. The van der Waals surface area contributed by atoms with Crippen LogP contribution in [0.3, 0.4) is 0 Å². The van der Waals surface area contributed by atoms with Crippen LogP contribution in [0.1, 0.15) is 36.5 Å². The lowest BCUT2D eigenvalue weighted by atomic mass is 10.0. The van der Waals surface area contributed by atoms with E-state index in [0.29, 0.717) is 36.9 Å². The molecule has 1 saturated heterocycles. The highest BCUT2D eigenvalue weighted by atomic mass is 35.5. The third-order valence-electron chi connectivity index (χ3n) is 5.72. The summed E-state index contributed by atoms with van der Waals surface area (Å²) in [4.78, 5) is 25.7. The molecule has 0 aliphatic carbocycles. The summed E-state index contributed by atoms with van der Waals surface area (Å²) in [5, 5.41) is 0. The second-order valence-electron chi connectivity index (χ2n) is 8.45. The molecule has 3 heterocycles. The van der Waals surface area contributed by atoms with Crippen LogP contribution < -0.4 is 15.4 Å². The lowest BCUT2D eigenvalue weighted by Crippen LogP contribution is -2.37.